The summed E-state index contributed by atoms with van der Waals surface area (Å²) in [4.78, 5) is 2.43. The molecule has 0 spiro atoms. The number of nitrogens with zero attached hydrogens (tertiary/aromatic N) is 2. The van der Waals surface area contributed by atoms with E-state index in [4.69, 9.17) is 0 Å². The lowest BCUT2D eigenvalue weighted by Gasteiger charge is -2.29. The predicted octanol–water partition coefficient (Wildman–Crippen LogP) is 1.24. The first-order chi connectivity index (χ1) is 6.93. The lowest BCUT2D eigenvalue weighted by molar-refractivity contribution is -0.704. The van der Waals surface area contributed by atoms with Crippen molar-refractivity contribution < 1.29 is 4.57 Å². The van der Waals surface area contributed by atoms with Crippen LogP contribution in [0.15, 0.2) is 48.3 Å². The van der Waals surface area contributed by atoms with Gasteiger partial charge < -0.3 is 4.90 Å². The van der Waals surface area contributed by atoms with Crippen LogP contribution in [0.1, 0.15) is 5.69 Å². The number of aromatic nitrogens is 1. The van der Waals surface area contributed by atoms with E-state index < -0.39 is 0 Å². The van der Waals surface area contributed by atoms with Gasteiger partial charge in [-0.05, 0) is 6.08 Å². The number of hydrogen-bond donors (Lipinski definition) is 0. The first-order valence-corrected chi connectivity index (χ1v) is 5.01. The van der Waals surface area contributed by atoms with Crippen LogP contribution >= 0.6 is 0 Å². The topological polar surface area (TPSA) is 7.12 Å². The van der Waals surface area contributed by atoms with Crippen LogP contribution in [0.5, 0.6) is 0 Å². The average Bonchev–Trinajstić information content (AvgIpc) is 2.26. The molecule has 0 aliphatic carbocycles. The minimum absolute atomic E-state index is 1.01. The molecule has 0 aromatic carbocycles. The van der Waals surface area contributed by atoms with Gasteiger partial charge in [-0.3, -0.25) is 0 Å². The van der Waals surface area contributed by atoms with Crippen LogP contribution in [-0.4, -0.2) is 11.4 Å². The molecule has 3 rings (SSSR count). The molecule has 2 heteroatoms. The third kappa shape index (κ3) is 1.15. The summed E-state index contributed by atoms with van der Waals surface area (Å²) < 4.78 is 2.32. The van der Waals surface area contributed by atoms with Crippen molar-refractivity contribution in [2.75, 3.05) is 6.54 Å². The highest BCUT2D eigenvalue weighted by molar-refractivity contribution is 5.18. The Kier molecular flexibility index (Phi) is 1.66. The number of rotatable bonds is 0. The van der Waals surface area contributed by atoms with E-state index >= 15 is 0 Å². The van der Waals surface area contributed by atoms with Crippen molar-refractivity contribution in [1.29, 1.82) is 0 Å². The highest BCUT2D eigenvalue weighted by Gasteiger charge is 2.25. The summed E-state index contributed by atoms with van der Waals surface area (Å²) in [5.74, 6) is 0. The fraction of sp³-hybridized carbons (Fsp3) is 0.250. The minimum Gasteiger partial charge on any atom is -0.356 e. The zero-order valence-corrected chi connectivity index (χ0v) is 8.06. The van der Waals surface area contributed by atoms with E-state index in [9.17, 15) is 0 Å². The summed E-state index contributed by atoms with van der Waals surface area (Å²) in [5.41, 5.74) is 2.83. The fourth-order valence-electron chi connectivity index (χ4n) is 2.09. The Hall–Kier alpha value is -1.57. The van der Waals surface area contributed by atoms with E-state index in [1.54, 1.807) is 0 Å². The van der Waals surface area contributed by atoms with E-state index in [1.165, 1.54) is 11.4 Å². The summed E-state index contributed by atoms with van der Waals surface area (Å²) in [6.45, 7) is 3.11. The highest BCUT2D eigenvalue weighted by atomic mass is 15.2. The predicted molar refractivity (Wildman–Crippen MR) is 54.3 cm³/mol. The molecule has 2 nitrogen and oxygen atoms in total. The maximum absolute atomic E-state index is 2.43. The van der Waals surface area contributed by atoms with Crippen molar-refractivity contribution in [3.63, 3.8) is 0 Å². The summed E-state index contributed by atoms with van der Waals surface area (Å²) >= 11 is 0. The van der Waals surface area contributed by atoms with Crippen LogP contribution in [0.4, 0.5) is 0 Å². The van der Waals surface area contributed by atoms with Crippen LogP contribution in [0.3, 0.4) is 0 Å². The number of pyridine rings is 1. The van der Waals surface area contributed by atoms with Crippen molar-refractivity contribution >= 4 is 0 Å². The van der Waals surface area contributed by atoms with E-state index in [1.807, 2.05) is 0 Å². The second-order valence-corrected chi connectivity index (χ2v) is 3.79. The summed E-state index contributed by atoms with van der Waals surface area (Å²) in [7, 11) is 0. The molecule has 3 heterocycles. The Bertz CT molecular complexity index is 418. The molecule has 2 aliphatic rings. The summed E-state index contributed by atoms with van der Waals surface area (Å²) in [6.07, 6.45) is 8.74. The van der Waals surface area contributed by atoms with Crippen molar-refractivity contribution in [2.24, 2.45) is 0 Å². The third-order valence-corrected chi connectivity index (χ3v) is 2.88. The Morgan fingerprint density at radius 2 is 2.29 bits per heavy atom. The lowest BCUT2D eigenvalue weighted by Crippen LogP contribution is -2.49. The van der Waals surface area contributed by atoms with Gasteiger partial charge in [0.15, 0.2) is 12.7 Å². The number of hydrogen-bond acceptors (Lipinski definition) is 1. The van der Waals surface area contributed by atoms with Gasteiger partial charge in [0.05, 0.1) is 5.70 Å². The summed E-state index contributed by atoms with van der Waals surface area (Å²) in [6, 6.07) is 6.41. The molecule has 70 valence electrons. The smallest absolute Gasteiger partial charge is 0.201 e. The molecule has 14 heavy (non-hydrogen) atoms. The largest absolute Gasteiger partial charge is 0.356 e. The van der Waals surface area contributed by atoms with Crippen LogP contribution < -0.4 is 4.57 Å². The molecule has 0 atom stereocenters. The Labute approximate surface area is 83.8 Å². The normalized spacial score (nSPS) is 18.6. The SMILES string of the molecule is C1=CCN2Cc3cccc[n+]3CC2=C1. The minimum atomic E-state index is 1.01. The molecule has 0 N–H and O–H groups in total. The van der Waals surface area contributed by atoms with E-state index in [0.29, 0.717) is 0 Å². The summed E-state index contributed by atoms with van der Waals surface area (Å²) in [5, 5.41) is 0. The van der Waals surface area contributed by atoms with Crippen molar-refractivity contribution in [3.8, 4) is 0 Å². The highest BCUT2D eigenvalue weighted by Crippen LogP contribution is 2.17. The Morgan fingerprint density at radius 3 is 3.29 bits per heavy atom. The quantitative estimate of drug-likeness (QED) is 0.552. The van der Waals surface area contributed by atoms with Crippen LogP contribution in [0.2, 0.25) is 0 Å². The second-order valence-electron chi connectivity index (χ2n) is 3.79. The van der Waals surface area contributed by atoms with E-state index in [2.05, 4.69) is 52.1 Å². The van der Waals surface area contributed by atoms with E-state index in [-0.39, 0.29) is 0 Å². The zero-order valence-electron chi connectivity index (χ0n) is 8.06. The van der Waals surface area contributed by atoms with Crippen molar-refractivity contribution in [1.82, 2.24) is 4.90 Å². The van der Waals surface area contributed by atoms with Gasteiger partial charge in [-0.15, -0.1) is 0 Å². The average molecular weight is 185 g/mol. The number of allylic oxidation sites excluding steroid dienone is 3. The molecule has 1 aromatic rings. The van der Waals surface area contributed by atoms with E-state index in [0.717, 1.165) is 19.6 Å². The van der Waals surface area contributed by atoms with Crippen molar-refractivity contribution in [2.45, 2.75) is 13.1 Å². The molecule has 0 radical (unpaired) electrons. The van der Waals surface area contributed by atoms with Gasteiger partial charge in [-0.25, -0.2) is 0 Å². The van der Waals surface area contributed by atoms with Crippen LogP contribution in [0, 0.1) is 0 Å². The van der Waals surface area contributed by atoms with Crippen LogP contribution in [0.25, 0.3) is 0 Å². The Balaban J connectivity index is 2.03. The lowest BCUT2D eigenvalue weighted by atomic mass is 10.1. The van der Waals surface area contributed by atoms with Gasteiger partial charge >= 0.3 is 0 Å². The first-order valence-electron chi connectivity index (χ1n) is 5.01. The molecule has 0 bridgehead atoms. The van der Waals surface area contributed by atoms with Crippen LogP contribution in [-0.2, 0) is 13.1 Å². The molecular weight excluding hydrogens is 172 g/mol. The Morgan fingerprint density at radius 1 is 1.29 bits per heavy atom. The maximum Gasteiger partial charge on any atom is 0.201 e. The molecule has 0 fully saturated rings. The van der Waals surface area contributed by atoms with Gasteiger partial charge in [-0.1, -0.05) is 18.2 Å². The third-order valence-electron chi connectivity index (χ3n) is 2.88. The van der Waals surface area contributed by atoms with Crippen molar-refractivity contribution in [3.05, 3.63) is 54.0 Å². The van der Waals surface area contributed by atoms with Gasteiger partial charge in [0.2, 0.25) is 5.69 Å². The van der Waals surface area contributed by atoms with Gasteiger partial charge in [-0.2, -0.15) is 4.57 Å². The molecule has 2 aliphatic heterocycles. The molecule has 0 amide bonds. The van der Waals surface area contributed by atoms with Gasteiger partial charge in [0, 0.05) is 18.7 Å². The number of fused-ring (bicyclic) bond motifs is 2. The zero-order chi connectivity index (χ0) is 9.38. The first kappa shape index (κ1) is 7.80. The van der Waals surface area contributed by atoms with Gasteiger partial charge in [0.1, 0.15) is 6.54 Å². The fourth-order valence-corrected chi connectivity index (χ4v) is 2.09. The second kappa shape index (κ2) is 2.98. The standard InChI is InChI=1S/C12H13N2/c1-3-7-13-10-12-6-2-4-8-14(12)9-11(13)5-1/h1-7H,8-10H2/q+1. The molecule has 1 aromatic heterocycles. The molecule has 0 unspecified atom stereocenters. The molecular formula is C12H13N2+. The monoisotopic (exact) mass is 185 g/mol. The molecule has 0 saturated carbocycles. The van der Waals surface area contributed by atoms with Gasteiger partial charge in [0.25, 0.3) is 0 Å². The maximum atomic E-state index is 2.43. The molecule has 0 saturated heterocycles.